The lowest BCUT2D eigenvalue weighted by Crippen LogP contribution is -2.31. The van der Waals surface area contributed by atoms with E-state index in [1.54, 1.807) is 38.4 Å². The van der Waals surface area contributed by atoms with Crippen molar-refractivity contribution in [2.75, 3.05) is 39.0 Å². The summed E-state index contributed by atoms with van der Waals surface area (Å²) in [6, 6.07) is 9.82. The van der Waals surface area contributed by atoms with Crippen LogP contribution in [0.5, 0.6) is 5.75 Å². The van der Waals surface area contributed by atoms with Crippen LogP contribution in [0.3, 0.4) is 0 Å². The predicted molar refractivity (Wildman–Crippen MR) is 146 cm³/mol. The Bertz CT molecular complexity index is 1550. The molecule has 0 aliphatic carbocycles. The molecule has 1 aliphatic heterocycles. The lowest BCUT2D eigenvalue weighted by atomic mass is 9.97. The van der Waals surface area contributed by atoms with Gasteiger partial charge in [-0.2, -0.15) is 8.42 Å². The smallest absolute Gasteiger partial charge is 0.414 e. The summed E-state index contributed by atoms with van der Waals surface area (Å²) in [5, 5.41) is 3.99. The molecule has 0 saturated carbocycles. The van der Waals surface area contributed by atoms with Crippen LogP contribution in [0.15, 0.2) is 58.0 Å². The van der Waals surface area contributed by atoms with Gasteiger partial charge in [0.25, 0.3) is 10.2 Å². The highest BCUT2D eigenvalue weighted by atomic mass is 35.5. The van der Waals surface area contributed by atoms with E-state index >= 15 is 0 Å². The van der Waals surface area contributed by atoms with Crippen LogP contribution in [0.1, 0.15) is 16.7 Å². The third kappa shape index (κ3) is 6.21. The second kappa shape index (κ2) is 11.3. The second-order valence-corrected chi connectivity index (χ2v) is 10.8. The number of amides is 1. The van der Waals surface area contributed by atoms with E-state index in [-0.39, 0.29) is 28.5 Å². The van der Waals surface area contributed by atoms with Gasteiger partial charge >= 0.3 is 11.7 Å². The summed E-state index contributed by atoms with van der Waals surface area (Å²) in [6.07, 6.45) is 3.29. The highest BCUT2D eigenvalue weighted by molar-refractivity contribution is 7.90. The fourth-order valence-corrected chi connectivity index (χ4v) is 4.80. The first-order chi connectivity index (χ1) is 18.1. The van der Waals surface area contributed by atoms with Gasteiger partial charge in [0.2, 0.25) is 0 Å². The van der Waals surface area contributed by atoms with E-state index in [2.05, 4.69) is 19.7 Å². The molecule has 13 heteroatoms. The number of hydrogen-bond donors (Lipinski definition) is 3. The van der Waals surface area contributed by atoms with E-state index < -0.39 is 21.9 Å². The number of nitrogens with one attached hydrogen (secondary N) is 3. The summed E-state index contributed by atoms with van der Waals surface area (Å²) in [4.78, 5) is 28.7. The summed E-state index contributed by atoms with van der Waals surface area (Å²) in [7, 11) is 0.627. The van der Waals surface area contributed by atoms with Gasteiger partial charge in [-0.1, -0.05) is 23.7 Å². The number of fused-ring (bicyclic) bond motifs is 1. The summed E-state index contributed by atoms with van der Waals surface area (Å²) in [5.74, 6) is 0.243. The highest BCUT2D eigenvalue weighted by Crippen LogP contribution is 2.31. The van der Waals surface area contributed by atoms with Gasteiger partial charge in [-0.15, -0.1) is 0 Å². The standard InChI is InChI=1S/C25H28ClN5O6S/c1-27-38(34,35)29-21-6-4-5-16(23(21)26)13-19-20(15-31-11-9-28-10-12-31)18-8-7-17(36-25(33)30(2)3)14-22(18)37-24(19)32/h4-9,11,14,27-29H,10,12-13,15H2,1-3H3. The maximum Gasteiger partial charge on any atom is 0.414 e. The molecule has 0 atom stereocenters. The molecule has 38 heavy (non-hydrogen) atoms. The van der Waals surface area contributed by atoms with Crippen LogP contribution in [-0.2, 0) is 23.2 Å². The van der Waals surface area contributed by atoms with Crippen LogP contribution in [-0.4, -0.2) is 58.5 Å². The number of carbonyl (C=O) groups excluding carboxylic acids is 1. The van der Waals surface area contributed by atoms with Crippen LogP contribution in [0.25, 0.3) is 11.0 Å². The maximum atomic E-state index is 13.3. The number of anilines is 1. The van der Waals surface area contributed by atoms with Crippen molar-refractivity contribution in [2.45, 2.75) is 13.0 Å². The van der Waals surface area contributed by atoms with E-state index in [1.807, 2.05) is 12.4 Å². The Labute approximate surface area is 225 Å². The Morgan fingerprint density at radius 1 is 1.24 bits per heavy atom. The van der Waals surface area contributed by atoms with Gasteiger partial charge < -0.3 is 24.3 Å². The number of halogens is 1. The average Bonchev–Trinajstić information content (AvgIpc) is 2.88. The van der Waals surface area contributed by atoms with E-state index in [4.69, 9.17) is 20.8 Å². The molecule has 1 aromatic heterocycles. The molecule has 1 amide bonds. The topological polar surface area (TPSA) is 133 Å². The van der Waals surface area contributed by atoms with Crippen LogP contribution in [0.4, 0.5) is 10.5 Å². The molecule has 0 radical (unpaired) electrons. The normalized spacial score (nSPS) is 13.3. The Hall–Kier alpha value is -3.74. The summed E-state index contributed by atoms with van der Waals surface area (Å²) >= 11 is 6.56. The molecule has 3 aromatic rings. The Morgan fingerprint density at radius 3 is 2.71 bits per heavy atom. The predicted octanol–water partition coefficient (Wildman–Crippen LogP) is 2.85. The molecule has 0 bridgehead atoms. The van der Waals surface area contributed by atoms with E-state index in [9.17, 15) is 18.0 Å². The zero-order valence-electron chi connectivity index (χ0n) is 21.1. The van der Waals surface area contributed by atoms with E-state index in [0.717, 1.165) is 18.7 Å². The minimum atomic E-state index is -3.79. The fourth-order valence-electron chi connectivity index (χ4n) is 3.94. The third-order valence-corrected chi connectivity index (χ3v) is 7.40. The van der Waals surface area contributed by atoms with Crippen molar-refractivity contribution in [3.8, 4) is 5.75 Å². The molecule has 202 valence electrons. The number of rotatable bonds is 8. The van der Waals surface area contributed by atoms with Crippen molar-refractivity contribution >= 4 is 44.6 Å². The summed E-state index contributed by atoms with van der Waals surface area (Å²) < 4.78 is 39.6. The highest BCUT2D eigenvalue weighted by Gasteiger charge is 2.21. The van der Waals surface area contributed by atoms with Gasteiger partial charge in [0.15, 0.2) is 0 Å². The molecule has 1 aliphatic rings. The SMILES string of the molecule is CNS(=O)(=O)Nc1cccc(Cc2c(CN3C=CNCC3)c3ccc(OC(=O)N(C)C)cc3oc2=O)c1Cl. The molecule has 0 spiro atoms. The molecular weight excluding hydrogens is 534 g/mol. The Kier molecular flexibility index (Phi) is 8.14. The van der Waals surface area contributed by atoms with Crippen molar-refractivity contribution < 1.29 is 22.4 Å². The minimum Gasteiger partial charge on any atom is -0.422 e. The molecule has 0 saturated heterocycles. The molecule has 0 unspecified atom stereocenters. The number of benzene rings is 2. The minimum absolute atomic E-state index is 0.106. The second-order valence-electron chi connectivity index (χ2n) is 8.77. The first-order valence-corrected chi connectivity index (χ1v) is 13.5. The molecule has 0 fully saturated rings. The number of carbonyl (C=O) groups is 1. The molecule has 2 heterocycles. The van der Waals surface area contributed by atoms with Crippen molar-refractivity contribution in [3.05, 3.63) is 80.9 Å². The van der Waals surface area contributed by atoms with Crippen LogP contribution in [0, 0.1) is 0 Å². The number of hydrogen-bond acceptors (Lipinski definition) is 8. The molecule has 11 nitrogen and oxygen atoms in total. The van der Waals surface area contributed by atoms with Crippen molar-refractivity contribution in [3.63, 3.8) is 0 Å². The third-order valence-electron chi connectivity index (χ3n) is 5.93. The van der Waals surface area contributed by atoms with Gasteiger partial charge in [-0.3, -0.25) is 4.72 Å². The van der Waals surface area contributed by atoms with Crippen LogP contribution < -0.4 is 25.1 Å². The number of ether oxygens (including phenoxy) is 1. The average molecular weight is 562 g/mol. The van der Waals surface area contributed by atoms with Gasteiger partial charge in [-0.25, -0.2) is 14.3 Å². The molecule has 3 N–H and O–H groups in total. The Balaban J connectivity index is 1.79. The molecule has 2 aromatic carbocycles. The van der Waals surface area contributed by atoms with Gasteiger partial charge in [0, 0.05) is 76.6 Å². The molecule has 4 rings (SSSR count). The zero-order chi connectivity index (χ0) is 27.4. The maximum absolute atomic E-state index is 13.3. The largest absolute Gasteiger partial charge is 0.422 e. The quantitative estimate of drug-likeness (QED) is 0.358. The zero-order valence-corrected chi connectivity index (χ0v) is 22.6. The summed E-state index contributed by atoms with van der Waals surface area (Å²) in [6.45, 7) is 1.88. The van der Waals surface area contributed by atoms with Gasteiger partial charge in [0.05, 0.1) is 10.7 Å². The van der Waals surface area contributed by atoms with Crippen molar-refractivity contribution in [1.82, 2.24) is 19.8 Å². The van der Waals surface area contributed by atoms with Gasteiger partial charge in [0.1, 0.15) is 11.3 Å². The van der Waals surface area contributed by atoms with Crippen molar-refractivity contribution in [2.24, 2.45) is 0 Å². The van der Waals surface area contributed by atoms with Crippen molar-refractivity contribution in [1.29, 1.82) is 0 Å². The first kappa shape index (κ1) is 27.3. The van der Waals surface area contributed by atoms with Gasteiger partial charge in [-0.05, 0) is 29.3 Å². The molecular formula is C25H28ClN5O6S. The fraction of sp³-hybridized carbons (Fsp3) is 0.280. The lowest BCUT2D eigenvalue weighted by Gasteiger charge is -2.25. The lowest BCUT2D eigenvalue weighted by molar-refractivity contribution is 0.172. The first-order valence-electron chi connectivity index (χ1n) is 11.7. The van der Waals surface area contributed by atoms with E-state index in [0.29, 0.717) is 23.1 Å². The monoisotopic (exact) mass is 561 g/mol. The Morgan fingerprint density at radius 2 is 2.03 bits per heavy atom. The summed E-state index contributed by atoms with van der Waals surface area (Å²) in [5.41, 5.74) is 1.55. The number of nitrogens with zero attached hydrogens (tertiary/aromatic N) is 2. The van der Waals surface area contributed by atoms with Crippen LogP contribution >= 0.6 is 11.6 Å². The van der Waals surface area contributed by atoms with Crippen LogP contribution in [0.2, 0.25) is 5.02 Å². The van der Waals surface area contributed by atoms with E-state index in [1.165, 1.54) is 24.1 Å².